The van der Waals surface area contributed by atoms with Gasteiger partial charge in [0.2, 0.25) is 0 Å². The summed E-state index contributed by atoms with van der Waals surface area (Å²) in [5.74, 6) is -0.519. The predicted octanol–water partition coefficient (Wildman–Crippen LogP) is 2.98. The molecule has 0 amide bonds. The molecule has 0 radical (unpaired) electrons. The van der Waals surface area contributed by atoms with Crippen molar-refractivity contribution in [3.05, 3.63) is 29.8 Å². The van der Waals surface area contributed by atoms with Crippen molar-refractivity contribution in [2.45, 2.75) is 70.8 Å². The summed E-state index contributed by atoms with van der Waals surface area (Å²) in [6, 6.07) is 7.37. The number of ketones is 1. The zero-order chi connectivity index (χ0) is 29.2. The van der Waals surface area contributed by atoms with Crippen molar-refractivity contribution in [1.29, 1.82) is 0 Å². The van der Waals surface area contributed by atoms with Gasteiger partial charge in [0.25, 0.3) is 0 Å². The van der Waals surface area contributed by atoms with Crippen LogP contribution in [0.4, 0.5) is 5.69 Å². The summed E-state index contributed by atoms with van der Waals surface area (Å²) in [6.07, 6.45) is 4.86. The Morgan fingerprint density at radius 1 is 0.825 bits per heavy atom. The monoisotopic (exact) mass is 564 g/mol. The normalized spacial score (nSPS) is 14.1. The van der Waals surface area contributed by atoms with Gasteiger partial charge in [-0.15, -0.1) is 0 Å². The van der Waals surface area contributed by atoms with Crippen molar-refractivity contribution in [3.63, 3.8) is 0 Å². The molecule has 0 spiro atoms. The van der Waals surface area contributed by atoms with E-state index in [4.69, 9.17) is 24.4 Å². The Balaban J connectivity index is 1.98. The van der Waals surface area contributed by atoms with E-state index in [2.05, 4.69) is 4.90 Å². The van der Waals surface area contributed by atoms with Crippen molar-refractivity contribution < 1.29 is 38.8 Å². The molecule has 0 unspecified atom stereocenters. The molecular weight excluding hydrogens is 516 g/mol. The van der Waals surface area contributed by atoms with Gasteiger partial charge in [0, 0.05) is 50.4 Å². The number of benzene rings is 1. The van der Waals surface area contributed by atoms with Gasteiger partial charge in [-0.05, 0) is 63.8 Å². The molecule has 0 aliphatic carbocycles. The maximum atomic E-state index is 13.4. The first-order valence-corrected chi connectivity index (χ1v) is 14.5. The van der Waals surface area contributed by atoms with Crippen LogP contribution in [-0.4, -0.2) is 104 Å². The number of carbonyl (C=O) groups excluding carboxylic acids is 3. The number of carbonyl (C=O) groups is 3. The fourth-order valence-corrected chi connectivity index (χ4v) is 4.61. The number of esters is 2. The number of aliphatic hydroxyl groups is 2. The quantitative estimate of drug-likeness (QED) is 0.139. The largest absolute Gasteiger partial charge is 0.464 e. The second-order valence-electron chi connectivity index (χ2n) is 10.5. The molecule has 40 heavy (non-hydrogen) atoms. The first kappa shape index (κ1) is 33.7. The molecule has 1 aliphatic heterocycles. The van der Waals surface area contributed by atoms with E-state index in [0.29, 0.717) is 83.5 Å². The number of Topliss-reactive ketones (excluding diaryl/α,β-unsaturated/α-hetero) is 1. The van der Waals surface area contributed by atoms with E-state index in [9.17, 15) is 14.4 Å². The Hall–Kier alpha value is -2.53. The highest BCUT2D eigenvalue weighted by Crippen LogP contribution is 2.24. The highest BCUT2D eigenvalue weighted by atomic mass is 16.5. The Morgan fingerprint density at radius 3 is 1.80 bits per heavy atom. The average molecular weight is 565 g/mol. The van der Waals surface area contributed by atoms with E-state index in [1.807, 2.05) is 43.0 Å². The molecule has 1 aliphatic rings. The fourth-order valence-electron chi connectivity index (χ4n) is 4.61. The van der Waals surface area contributed by atoms with Crippen molar-refractivity contribution in [3.8, 4) is 0 Å². The number of rotatable bonds is 20. The SMILES string of the molecule is CC(C)(C(=O)c1ccc(N(CCOC(=O)CCCCCO)CCOC(=O)CCCCCO)cc1)N1CCOCC1. The summed E-state index contributed by atoms with van der Waals surface area (Å²) >= 11 is 0. The van der Waals surface area contributed by atoms with Crippen LogP contribution in [-0.2, 0) is 23.8 Å². The van der Waals surface area contributed by atoms with Gasteiger partial charge < -0.3 is 29.3 Å². The van der Waals surface area contributed by atoms with E-state index in [-0.39, 0.29) is 44.1 Å². The minimum Gasteiger partial charge on any atom is -0.464 e. The third kappa shape index (κ3) is 11.9. The lowest BCUT2D eigenvalue weighted by atomic mass is 9.90. The van der Waals surface area contributed by atoms with E-state index in [1.54, 1.807) is 0 Å². The highest BCUT2D eigenvalue weighted by Gasteiger charge is 2.35. The topological polar surface area (TPSA) is 126 Å². The molecule has 1 saturated heterocycles. The van der Waals surface area contributed by atoms with Gasteiger partial charge in [-0.25, -0.2) is 0 Å². The smallest absolute Gasteiger partial charge is 0.305 e. The second-order valence-corrected chi connectivity index (χ2v) is 10.5. The lowest BCUT2D eigenvalue weighted by Gasteiger charge is -2.39. The molecule has 2 N–H and O–H groups in total. The molecule has 0 aromatic heterocycles. The third-order valence-corrected chi connectivity index (χ3v) is 7.18. The maximum Gasteiger partial charge on any atom is 0.305 e. The molecule has 1 aromatic rings. The lowest BCUT2D eigenvalue weighted by molar-refractivity contribution is -0.143. The molecule has 1 fully saturated rings. The van der Waals surface area contributed by atoms with Crippen molar-refractivity contribution >= 4 is 23.4 Å². The van der Waals surface area contributed by atoms with Crippen LogP contribution < -0.4 is 4.90 Å². The molecule has 0 bridgehead atoms. The van der Waals surface area contributed by atoms with E-state index < -0.39 is 5.54 Å². The van der Waals surface area contributed by atoms with Crippen molar-refractivity contribution in [2.24, 2.45) is 0 Å². The lowest BCUT2D eigenvalue weighted by Crippen LogP contribution is -2.54. The van der Waals surface area contributed by atoms with Crippen molar-refractivity contribution in [2.75, 3.05) is 70.7 Å². The Kier molecular flexibility index (Phi) is 15.8. The van der Waals surface area contributed by atoms with Gasteiger partial charge in [0.1, 0.15) is 13.2 Å². The number of aliphatic hydroxyl groups excluding tert-OH is 2. The number of anilines is 1. The number of hydrogen-bond donors (Lipinski definition) is 2. The van der Waals surface area contributed by atoms with Crippen LogP contribution in [0.1, 0.15) is 75.6 Å². The molecule has 1 heterocycles. The first-order chi connectivity index (χ1) is 19.3. The molecular formula is C30H48N2O8. The van der Waals surface area contributed by atoms with E-state index >= 15 is 0 Å². The van der Waals surface area contributed by atoms with Crippen LogP contribution in [0.2, 0.25) is 0 Å². The van der Waals surface area contributed by atoms with Crippen molar-refractivity contribution in [1.82, 2.24) is 4.90 Å². The number of hydrogen-bond acceptors (Lipinski definition) is 10. The van der Waals surface area contributed by atoms with E-state index in [1.165, 1.54) is 0 Å². The van der Waals surface area contributed by atoms with Crippen LogP contribution in [0.25, 0.3) is 0 Å². The summed E-state index contributed by atoms with van der Waals surface area (Å²) in [5, 5.41) is 17.7. The van der Waals surface area contributed by atoms with Crippen LogP contribution in [0, 0.1) is 0 Å². The zero-order valence-corrected chi connectivity index (χ0v) is 24.3. The summed E-state index contributed by atoms with van der Waals surface area (Å²) < 4.78 is 16.3. The zero-order valence-electron chi connectivity index (χ0n) is 24.3. The van der Waals surface area contributed by atoms with Gasteiger partial charge in [-0.1, -0.05) is 12.8 Å². The van der Waals surface area contributed by atoms with Gasteiger partial charge in [-0.2, -0.15) is 0 Å². The number of morpholine rings is 1. The Morgan fingerprint density at radius 2 is 1.32 bits per heavy atom. The summed E-state index contributed by atoms with van der Waals surface area (Å²) in [4.78, 5) is 41.6. The number of nitrogens with zero attached hydrogens (tertiary/aromatic N) is 2. The third-order valence-electron chi connectivity index (χ3n) is 7.18. The first-order valence-electron chi connectivity index (χ1n) is 14.5. The minimum atomic E-state index is -0.651. The summed E-state index contributed by atoms with van der Waals surface area (Å²) in [5.41, 5.74) is 0.796. The predicted molar refractivity (Wildman–Crippen MR) is 152 cm³/mol. The second kappa shape index (κ2) is 18.7. The van der Waals surface area contributed by atoms with Gasteiger partial charge >= 0.3 is 11.9 Å². The summed E-state index contributed by atoms with van der Waals surface area (Å²) in [7, 11) is 0. The molecule has 2 rings (SSSR count). The molecule has 10 heteroatoms. The molecule has 0 saturated carbocycles. The minimum absolute atomic E-state index is 0.0396. The van der Waals surface area contributed by atoms with Crippen LogP contribution in [0.5, 0.6) is 0 Å². The van der Waals surface area contributed by atoms with Gasteiger partial charge in [-0.3, -0.25) is 19.3 Å². The van der Waals surface area contributed by atoms with E-state index in [0.717, 1.165) is 18.5 Å². The van der Waals surface area contributed by atoms with Gasteiger partial charge in [0.15, 0.2) is 5.78 Å². The number of ether oxygens (including phenoxy) is 3. The maximum absolute atomic E-state index is 13.4. The Bertz CT molecular complexity index is 854. The average Bonchev–Trinajstić information content (AvgIpc) is 2.97. The fraction of sp³-hybridized carbons (Fsp3) is 0.700. The van der Waals surface area contributed by atoms with Crippen LogP contribution in [0.3, 0.4) is 0 Å². The van der Waals surface area contributed by atoms with Gasteiger partial charge in [0.05, 0.1) is 31.8 Å². The molecule has 1 aromatic carbocycles. The standard InChI is InChI=1S/C30H48N2O8/c1-30(2,32-17-21-38-22-18-32)29(37)25-11-13-26(14-12-25)31(15-23-39-27(35)9-5-3-7-19-33)16-24-40-28(36)10-6-4-8-20-34/h11-14,33-34H,3-10,15-24H2,1-2H3. The Labute approximate surface area is 238 Å². The molecule has 10 nitrogen and oxygen atoms in total. The molecule has 0 atom stereocenters. The molecule has 226 valence electrons. The number of unbranched alkanes of at least 4 members (excludes halogenated alkanes) is 4. The highest BCUT2D eigenvalue weighted by molar-refractivity contribution is 6.02. The van der Waals surface area contributed by atoms with Crippen LogP contribution in [0.15, 0.2) is 24.3 Å². The summed E-state index contributed by atoms with van der Waals surface area (Å²) in [6.45, 7) is 7.95. The van der Waals surface area contributed by atoms with Crippen LogP contribution >= 0.6 is 0 Å².